The third kappa shape index (κ3) is 4.84. The summed E-state index contributed by atoms with van der Waals surface area (Å²) in [4.78, 5) is 14.3. The van der Waals surface area contributed by atoms with Gasteiger partial charge in [-0.25, -0.2) is 8.42 Å². The van der Waals surface area contributed by atoms with E-state index in [9.17, 15) is 18.3 Å². The molecule has 0 spiro atoms. The van der Waals surface area contributed by atoms with Gasteiger partial charge in [-0.05, 0) is 44.1 Å². The summed E-state index contributed by atoms with van der Waals surface area (Å²) in [6.45, 7) is 1.86. The molecule has 1 amide bonds. The van der Waals surface area contributed by atoms with Crippen LogP contribution in [0.2, 0.25) is 0 Å². The summed E-state index contributed by atoms with van der Waals surface area (Å²) in [5.41, 5.74) is -0.212. The number of hydrogen-bond acceptors (Lipinski definition) is 6. The van der Waals surface area contributed by atoms with Crippen molar-refractivity contribution in [3.63, 3.8) is 0 Å². The third-order valence-corrected chi connectivity index (χ3v) is 8.02. The molecule has 0 aliphatic carbocycles. The minimum absolute atomic E-state index is 0. The maximum Gasteiger partial charge on any atom is 0.243 e. The van der Waals surface area contributed by atoms with Crippen LogP contribution in [0.4, 0.5) is 0 Å². The molecule has 0 unspecified atom stereocenters. The summed E-state index contributed by atoms with van der Waals surface area (Å²) in [6.07, 6.45) is 2.77. The molecule has 30 heavy (non-hydrogen) atoms. The van der Waals surface area contributed by atoms with Crippen molar-refractivity contribution in [1.29, 1.82) is 0 Å². The van der Waals surface area contributed by atoms with Crippen molar-refractivity contribution in [2.24, 2.45) is 0 Å². The van der Waals surface area contributed by atoms with Crippen LogP contribution in [-0.2, 0) is 14.8 Å². The summed E-state index contributed by atoms with van der Waals surface area (Å²) in [6, 6.07) is 5.40. The molecule has 0 atom stereocenters. The molecule has 2 saturated heterocycles. The maximum absolute atomic E-state index is 13.1. The van der Waals surface area contributed by atoms with Gasteiger partial charge < -0.3 is 20.1 Å². The number of carbonyl (C=O) groups is 1. The van der Waals surface area contributed by atoms with Crippen molar-refractivity contribution < 1.29 is 23.1 Å². The zero-order chi connectivity index (χ0) is 20.6. The Morgan fingerprint density at radius 2 is 1.97 bits per heavy atom. The molecule has 0 radical (unpaired) electrons. The van der Waals surface area contributed by atoms with Crippen molar-refractivity contribution in [1.82, 2.24) is 14.5 Å². The normalized spacial score (nSPS) is 21.9. The second kappa shape index (κ2) is 9.13. The molecule has 3 aliphatic heterocycles. The molecule has 4 rings (SSSR count). The van der Waals surface area contributed by atoms with Gasteiger partial charge in [0.25, 0.3) is 0 Å². The van der Waals surface area contributed by atoms with Gasteiger partial charge in [0.1, 0.15) is 12.4 Å². The lowest BCUT2D eigenvalue weighted by molar-refractivity contribution is -0.139. The second-order valence-corrected chi connectivity index (χ2v) is 10.6. The minimum Gasteiger partial charge on any atom is -0.487 e. The standard InChI is InChI=1S/C19H24BrN3O5S.ClH/c20-15-2-1-14-9-16(12-28-17(14)10-15)29(26,27)23-8-7-22(18(24)11-23)13-19(25)3-5-21-6-4-19;/h1-2,9-10,21,25H,3-8,11-13H2;1H. The number of sulfonamides is 1. The predicted molar refractivity (Wildman–Crippen MR) is 119 cm³/mol. The molecular weight excluding hydrogens is 498 g/mol. The van der Waals surface area contributed by atoms with Crippen LogP contribution in [0.5, 0.6) is 5.75 Å². The van der Waals surface area contributed by atoms with Crippen LogP contribution in [0.15, 0.2) is 27.6 Å². The summed E-state index contributed by atoms with van der Waals surface area (Å²) < 4.78 is 33.8. The molecule has 166 valence electrons. The number of nitrogens with zero attached hydrogens (tertiary/aromatic N) is 2. The largest absolute Gasteiger partial charge is 0.487 e. The van der Waals surface area contributed by atoms with Gasteiger partial charge in [-0.1, -0.05) is 22.0 Å². The van der Waals surface area contributed by atoms with E-state index in [2.05, 4.69) is 21.2 Å². The molecule has 3 aliphatic rings. The number of halogens is 2. The van der Waals surface area contributed by atoms with Gasteiger partial charge in [0, 0.05) is 29.7 Å². The first-order valence-electron chi connectivity index (χ1n) is 9.61. The maximum atomic E-state index is 13.1. The number of benzene rings is 1. The van der Waals surface area contributed by atoms with E-state index in [0.29, 0.717) is 37.2 Å². The fourth-order valence-electron chi connectivity index (χ4n) is 3.90. The topological polar surface area (TPSA) is 99.2 Å². The van der Waals surface area contributed by atoms with Crippen LogP contribution < -0.4 is 10.1 Å². The van der Waals surface area contributed by atoms with Gasteiger partial charge in [-0.15, -0.1) is 12.4 Å². The highest BCUT2D eigenvalue weighted by atomic mass is 79.9. The number of hydrogen-bond donors (Lipinski definition) is 2. The number of carbonyl (C=O) groups excluding carboxylic acids is 1. The number of amides is 1. The Kier molecular flexibility index (Phi) is 7.15. The molecule has 2 fully saturated rings. The van der Waals surface area contributed by atoms with Gasteiger partial charge in [-0.3, -0.25) is 4.79 Å². The highest BCUT2D eigenvalue weighted by Crippen LogP contribution is 2.32. The molecule has 3 heterocycles. The number of aliphatic hydroxyl groups is 1. The van der Waals surface area contributed by atoms with E-state index in [1.54, 1.807) is 23.1 Å². The van der Waals surface area contributed by atoms with E-state index in [1.807, 2.05) is 6.07 Å². The van der Waals surface area contributed by atoms with Crippen LogP contribution in [0.1, 0.15) is 18.4 Å². The highest BCUT2D eigenvalue weighted by molar-refractivity contribution is 9.10. The van der Waals surface area contributed by atoms with E-state index in [-0.39, 0.29) is 56.0 Å². The van der Waals surface area contributed by atoms with Crippen LogP contribution >= 0.6 is 28.3 Å². The summed E-state index contributed by atoms with van der Waals surface area (Å²) >= 11 is 3.37. The van der Waals surface area contributed by atoms with Gasteiger partial charge in [0.2, 0.25) is 15.9 Å². The van der Waals surface area contributed by atoms with Crippen molar-refractivity contribution in [2.45, 2.75) is 18.4 Å². The molecule has 0 bridgehead atoms. The quantitative estimate of drug-likeness (QED) is 0.616. The lowest BCUT2D eigenvalue weighted by Gasteiger charge is -2.40. The Balaban J connectivity index is 0.00000256. The zero-order valence-corrected chi connectivity index (χ0v) is 19.6. The predicted octanol–water partition coefficient (Wildman–Crippen LogP) is 1.19. The molecule has 8 nitrogen and oxygen atoms in total. The highest BCUT2D eigenvalue weighted by Gasteiger charge is 2.39. The van der Waals surface area contributed by atoms with Crippen LogP contribution in [0, 0.1) is 0 Å². The molecule has 0 aromatic heterocycles. The van der Waals surface area contributed by atoms with Crippen molar-refractivity contribution in [3.8, 4) is 5.75 Å². The van der Waals surface area contributed by atoms with Gasteiger partial charge in [0.15, 0.2) is 0 Å². The van der Waals surface area contributed by atoms with E-state index in [1.165, 1.54) is 4.31 Å². The Morgan fingerprint density at radius 1 is 1.23 bits per heavy atom. The summed E-state index contributed by atoms with van der Waals surface area (Å²) in [7, 11) is -3.80. The van der Waals surface area contributed by atoms with Crippen molar-refractivity contribution in [3.05, 3.63) is 33.1 Å². The average Bonchev–Trinajstić information content (AvgIpc) is 2.69. The fraction of sp³-hybridized carbons (Fsp3) is 0.526. The monoisotopic (exact) mass is 521 g/mol. The Labute approximate surface area is 190 Å². The number of fused-ring (bicyclic) bond motifs is 1. The Morgan fingerprint density at radius 3 is 2.67 bits per heavy atom. The van der Waals surface area contributed by atoms with Gasteiger partial charge in [-0.2, -0.15) is 4.31 Å². The second-order valence-electron chi connectivity index (χ2n) is 7.71. The summed E-state index contributed by atoms with van der Waals surface area (Å²) in [5, 5.41) is 13.9. The zero-order valence-electron chi connectivity index (χ0n) is 16.3. The fourth-order valence-corrected chi connectivity index (χ4v) is 5.65. The molecule has 0 saturated carbocycles. The van der Waals surface area contributed by atoms with Gasteiger partial charge in [0.05, 0.1) is 17.1 Å². The first-order valence-corrected chi connectivity index (χ1v) is 11.8. The van der Waals surface area contributed by atoms with Crippen LogP contribution in [-0.4, -0.2) is 80.1 Å². The smallest absolute Gasteiger partial charge is 0.243 e. The minimum atomic E-state index is -3.80. The lowest BCUT2D eigenvalue weighted by Crippen LogP contribution is -2.58. The first-order chi connectivity index (χ1) is 13.8. The number of β-amino-alcohol motifs (C(OH)–C–C–N with tert-alkyl or cyclic N) is 1. The van der Waals surface area contributed by atoms with E-state index in [0.717, 1.165) is 4.47 Å². The number of piperazine rings is 1. The SMILES string of the molecule is Cl.O=C1CN(S(=O)(=O)C2=Cc3ccc(Br)cc3OC2)CCN1CC1(O)CCNCC1. The van der Waals surface area contributed by atoms with Crippen LogP contribution in [0.3, 0.4) is 0 Å². The number of ether oxygens (including phenoxy) is 1. The molecule has 1 aromatic rings. The van der Waals surface area contributed by atoms with Crippen LogP contribution in [0.25, 0.3) is 6.08 Å². The molecule has 11 heteroatoms. The number of nitrogens with one attached hydrogen (secondary N) is 1. The Hall–Kier alpha value is -1.17. The molecule has 2 N–H and O–H groups in total. The molecular formula is C19H25BrClN3O5S. The van der Waals surface area contributed by atoms with Gasteiger partial charge >= 0.3 is 0 Å². The van der Waals surface area contributed by atoms with Crippen molar-refractivity contribution in [2.75, 3.05) is 45.9 Å². The van der Waals surface area contributed by atoms with E-state index in [4.69, 9.17) is 4.74 Å². The average molecular weight is 523 g/mol. The Bertz CT molecular complexity index is 949. The lowest BCUT2D eigenvalue weighted by atomic mass is 9.91. The van der Waals surface area contributed by atoms with E-state index < -0.39 is 15.6 Å². The third-order valence-electron chi connectivity index (χ3n) is 5.64. The number of piperidine rings is 1. The summed E-state index contributed by atoms with van der Waals surface area (Å²) in [5.74, 6) is 0.336. The van der Waals surface area contributed by atoms with Crippen molar-refractivity contribution >= 4 is 50.3 Å². The first kappa shape index (κ1) is 23.5. The molecule has 1 aromatic carbocycles. The van der Waals surface area contributed by atoms with E-state index >= 15 is 0 Å². The number of rotatable bonds is 4.